The van der Waals surface area contributed by atoms with Crippen molar-refractivity contribution in [1.82, 2.24) is 19.1 Å². The van der Waals surface area contributed by atoms with Crippen molar-refractivity contribution in [2.75, 3.05) is 0 Å². The zero-order valence-electron chi connectivity index (χ0n) is 10.5. The van der Waals surface area contributed by atoms with Gasteiger partial charge in [0.05, 0.1) is 30.6 Å². The Morgan fingerprint density at radius 2 is 1.95 bits per heavy atom. The molecule has 19 heavy (non-hydrogen) atoms. The van der Waals surface area contributed by atoms with E-state index >= 15 is 0 Å². The summed E-state index contributed by atoms with van der Waals surface area (Å²) >= 11 is 0. The van der Waals surface area contributed by atoms with Crippen LogP contribution in [0.5, 0.6) is 0 Å². The molecule has 0 N–H and O–H groups in total. The fourth-order valence-electron chi connectivity index (χ4n) is 1.94. The molecule has 0 unspecified atom stereocenters. The van der Waals surface area contributed by atoms with Gasteiger partial charge in [0.1, 0.15) is 5.82 Å². The van der Waals surface area contributed by atoms with Crippen molar-refractivity contribution in [1.29, 1.82) is 0 Å². The molecule has 2 heterocycles. The third-order valence-corrected chi connectivity index (χ3v) is 3.03. The third-order valence-electron chi connectivity index (χ3n) is 3.03. The predicted molar refractivity (Wildman–Crippen MR) is 69.9 cm³/mol. The fraction of sp³-hybridized carbons (Fsp3) is 0.143. The predicted octanol–water partition coefficient (Wildman–Crippen LogP) is 2.47. The molecule has 4 nitrogen and oxygen atoms in total. The van der Waals surface area contributed by atoms with Gasteiger partial charge in [-0.15, -0.1) is 0 Å². The number of benzene rings is 1. The Hall–Kier alpha value is -2.43. The highest BCUT2D eigenvalue weighted by atomic mass is 19.1. The Bertz CT molecular complexity index is 682. The molecule has 0 aliphatic heterocycles. The zero-order valence-corrected chi connectivity index (χ0v) is 10.5. The van der Waals surface area contributed by atoms with E-state index in [1.54, 1.807) is 24.8 Å². The van der Waals surface area contributed by atoms with Gasteiger partial charge in [-0.25, -0.2) is 14.4 Å². The van der Waals surface area contributed by atoms with Crippen molar-refractivity contribution in [3.05, 3.63) is 60.8 Å². The van der Waals surface area contributed by atoms with Crippen LogP contribution in [0.25, 0.3) is 11.3 Å². The average Bonchev–Trinajstić information content (AvgIpc) is 3.01. The maximum atomic E-state index is 12.9. The number of aromatic nitrogens is 4. The van der Waals surface area contributed by atoms with Gasteiger partial charge in [0.25, 0.3) is 0 Å². The standard InChI is InChI=1S/C14H13FN4/c1-18-9-16-6-13(18)7-19-8-14(17-10-19)11-2-4-12(15)5-3-11/h2-6,8-10H,7H2,1H3. The Balaban J connectivity index is 1.83. The summed E-state index contributed by atoms with van der Waals surface area (Å²) in [4.78, 5) is 8.42. The zero-order chi connectivity index (χ0) is 13.2. The van der Waals surface area contributed by atoms with Gasteiger partial charge in [0.15, 0.2) is 0 Å². The van der Waals surface area contributed by atoms with Gasteiger partial charge in [0, 0.05) is 25.0 Å². The molecule has 1 aromatic carbocycles. The first kappa shape index (κ1) is 11.6. The van der Waals surface area contributed by atoms with Gasteiger partial charge in [-0.1, -0.05) is 0 Å². The summed E-state index contributed by atoms with van der Waals surface area (Å²) in [5.41, 5.74) is 2.84. The summed E-state index contributed by atoms with van der Waals surface area (Å²) in [5, 5.41) is 0. The lowest BCUT2D eigenvalue weighted by Gasteiger charge is -2.02. The van der Waals surface area contributed by atoms with Crippen LogP contribution >= 0.6 is 0 Å². The van der Waals surface area contributed by atoms with Gasteiger partial charge in [-0.3, -0.25) is 0 Å². The number of nitrogens with zero attached hydrogens (tertiary/aromatic N) is 4. The van der Waals surface area contributed by atoms with E-state index < -0.39 is 0 Å². The van der Waals surface area contributed by atoms with Gasteiger partial charge >= 0.3 is 0 Å². The van der Waals surface area contributed by atoms with E-state index in [0.717, 1.165) is 17.0 Å². The number of hydrogen-bond donors (Lipinski definition) is 0. The lowest BCUT2D eigenvalue weighted by molar-refractivity contribution is 0.628. The molecule has 0 bridgehead atoms. The van der Waals surface area contributed by atoms with Crippen LogP contribution in [0.15, 0.2) is 49.3 Å². The van der Waals surface area contributed by atoms with Crippen molar-refractivity contribution >= 4 is 0 Å². The molecular formula is C14H13FN4. The molecule has 2 aromatic heterocycles. The first-order valence-electron chi connectivity index (χ1n) is 5.95. The van der Waals surface area contributed by atoms with Crippen molar-refractivity contribution < 1.29 is 4.39 Å². The second-order valence-electron chi connectivity index (χ2n) is 4.43. The van der Waals surface area contributed by atoms with Gasteiger partial charge < -0.3 is 9.13 Å². The molecule has 3 rings (SSSR count). The van der Waals surface area contributed by atoms with Crippen molar-refractivity contribution in [2.45, 2.75) is 6.54 Å². The normalized spacial score (nSPS) is 10.8. The quantitative estimate of drug-likeness (QED) is 0.721. The smallest absolute Gasteiger partial charge is 0.123 e. The molecule has 96 valence electrons. The van der Waals surface area contributed by atoms with Crippen LogP contribution in [0.1, 0.15) is 5.69 Å². The molecule has 0 saturated heterocycles. The summed E-state index contributed by atoms with van der Waals surface area (Å²) in [6.45, 7) is 0.713. The first-order chi connectivity index (χ1) is 9.22. The highest BCUT2D eigenvalue weighted by Gasteiger charge is 2.04. The molecule has 0 spiro atoms. The first-order valence-corrected chi connectivity index (χ1v) is 5.95. The summed E-state index contributed by atoms with van der Waals surface area (Å²) in [7, 11) is 1.96. The van der Waals surface area contributed by atoms with Gasteiger partial charge in [0.2, 0.25) is 0 Å². The monoisotopic (exact) mass is 256 g/mol. The van der Waals surface area contributed by atoms with E-state index in [1.807, 2.05) is 28.6 Å². The second-order valence-corrected chi connectivity index (χ2v) is 4.43. The number of hydrogen-bond acceptors (Lipinski definition) is 2. The molecule has 0 amide bonds. The minimum absolute atomic E-state index is 0.238. The molecule has 0 fully saturated rings. The van der Waals surface area contributed by atoms with E-state index in [1.165, 1.54) is 12.1 Å². The molecule has 5 heteroatoms. The highest BCUT2D eigenvalue weighted by Crippen LogP contribution is 2.17. The van der Waals surface area contributed by atoms with E-state index in [9.17, 15) is 4.39 Å². The maximum absolute atomic E-state index is 12.9. The number of rotatable bonds is 3. The van der Waals surface area contributed by atoms with Gasteiger partial charge in [-0.2, -0.15) is 0 Å². The van der Waals surface area contributed by atoms with Gasteiger partial charge in [-0.05, 0) is 24.3 Å². The van der Waals surface area contributed by atoms with E-state index in [-0.39, 0.29) is 5.82 Å². The Morgan fingerprint density at radius 3 is 2.63 bits per heavy atom. The van der Waals surface area contributed by atoms with Crippen molar-refractivity contribution in [2.24, 2.45) is 7.05 Å². The number of halogens is 1. The largest absolute Gasteiger partial charge is 0.336 e. The Morgan fingerprint density at radius 1 is 1.16 bits per heavy atom. The van der Waals surface area contributed by atoms with E-state index in [0.29, 0.717) is 6.54 Å². The summed E-state index contributed by atoms with van der Waals surface area (Å²) in [6.07, 6.45) is 7.32. The van der Waals surface area contributed by atoms with Crippen LogP contribution in [0.3, 0.4) is 0 Å². The maximum Gasteiger partial charge on any atom is 0.123 e. The molecule has 0 aliphatic carbocycles. The summed E-state index contributed by atoms with van der Waals surface area (Å²) in [5.74, 6) is -0.238. The van der Waals surface area contributed by atoms with E-state index in [4.69, 9.17) is 0 Å². The van der Waals surface area contributed by atoms with Crippen LogP contribution in [0.4, 0.5) is 4.39 Å². The number of aryl methyl sites for hydroxylation is 1. The third kappa shape index (κ3) is 2.40. The van der Waals surface area contributed by atoms with Crippen LogP contribution in [-0.2, 0) is 13.6 Å². The highest BCUT2D eigenvalue weighted by molar-refractivity contribution is 5.57. The molecule has 3 aromatic rings. The topological polar surface area (TPSA) is 35.6 Å². The van der Waals surface area contributed by atoms with Crippen LogP contribution in [0, 0.1) is 5.82 Å². The Labute approximate surface area is 110 Å². The minimum atomic E-state index is -0.238. The second kappa shape index (κ2) is 4.68. The fourth-order valence-corrected chi connectivity index (χ4v) is 1.94. The lowest BCUT2D eigenvalue weighted by atomic mass is 10.2. The molecule has 0 aliphatic rings. The van der Waals surface area contributed by atoms with E-state index in [2.05, 4.69) is 9.97 Å². The minimum Gasteiger partial charge on any atom is -0.336 e. The number of imidazole rings is 2. The molecule has 0 atom stereocenters. The lowest BCUT2D eigenvalue weighted by Crippen LogP contribution is -2.01. The van der Waals surface area contributed by atoms with Crippen molar-refractivity contribution in [3.8, 4) is 11.3 Å². The molecular weight excluding hydrogens is 243 g/mol. The SMILES string of the molecule is Cn1cncc1Cn1cnc(-c2ccc(F)cc2)c1. The Kier molecular flexibility index (Phi) is 2.87. The van der Waals surface area contributed by atoms with Crippen LogP contribution in [-0.4, -0.2) is 19.1 Å². The van der Waals surface area contributed by atoms with Crippen molar-refractivity contribution in [3.63, 3.8) is 0 Å². The van der Waals surface area contributed by atoms with Crippen LogP contribution < -0.4 is 0 Å². The molecule has 0 radical (unpaired) electrons. The summed E-state index contributed by atoms with van der Waals surface area (Å²) < 4.78 is 16.8. The average molecular weight is 256 g/mol. The van der Waals surface area contributed by atoms with Crippen LogP contribution in [0.2, 0.25) is 0 Å². The molecule has 0 saturated carbocycles. The summed E-state index contributed by atoms with van der Waals surface area (Å²) in [6, 6.07) is 6.34.